The van der Waals surface area contributed by atoms with Gasteiger partial charge in [0.2, 0.25) is 0 Å². The first kappa shape index (κ1) is 13.0. The predicted octanol–water partition coefficient (Wildman–Crippen LogP) is 3.16. The van der Waals surface area contributed by atoms with Gasteiger partial charge < -0.3 is 9.84 Å². The number of aryl methyl sites for hydroxylation is 1. The lowest BCUT2D eigenvalue weighted by Gasteiger charge is -2.05. The van der Waals surface area contributed by atoms with Crippen molar-refractivity contribution < 1.29 is 9.84 Å². The number of phenols is 1. The monoisotopic (exact) mass is 256 g/mol. The Labute approximate surface area is 112 Å². The molecule has 0 aliphatic carbocycles. The van der Waals surface area contributed by atoms with Crippen LogP contribution in [0.2, 0.25) is 0 Å². The van der Waals surface area contributed by atoms with Crippen molar-refractivity contribution in [1.29, 1.82) is 0 Å². The summed E-state index contributed by atoms with van der Waals surface area (Å²) in [6, 6.07) is 13.1. The van der Waals surface area contributed by atoms with E-state index in [-0.39, 0.29) is 5.75 Å². The second kappa shape index (κ2) is 5.91. The molecule has 0 unspecified atom stereocenters. The zero-order chi connectivity index (χ0) is 13.7. The number of para-hydroxylation sites is 1. The molecule has 0 heterocycles. The summed E-state index contributed by atoms with van der Waals surface area (Å²) in [5.74, 6) is 0.513. The van der Waals surface area contributed by atoms with Crippen LogP contribution in [0.15, 0.2) is 47.6 Å². The zero-order valence-corrected chi connectivity index (χ0v) is 10.9. The Morgan fingerprint density at radius 1 is 1.16 bits per heavy atom. The van der Waals surface area contributed by atoms with Crippen LogP contribution in [0.3, 0.4) is 0 Å². The number of methoxy groups -OCH3 is 1. The molecule has 2 aromatic carbocycles. The molecule has 4 heteroatoms. The van der Waals surface area contributed by atoms with Gasteiger partial charge in [0.05, 0.1) is 19.0 Å². The predicted molar refractivity (Wildman–Crippen MR) is 77.1 cm³/mol. The minimum atomic E-state index is 0.0828. The third-order valence-corrected chi connectivity index (χ3v) is 2.70. The Morgan fingerprint density at radius 3 is 2.58 bits per heavy atom. The minimum Gasteiger partial charge on any atom is -0.504 e. The number of aromatic hydroxyl groups is 1. The van der Waals surface area contributed by atoms with Crippen molar-refractivity contribution in [3.8, 4) is 11.5 Å². The SMILES string of the molecule is COc1cccc(C=NNc2ccc(C)cc2)c1O. The van der Waals surface area contributed by atoms with Crippen LogP contribution in [0.5, 0.6) is 11.5 Å². The van der Waals surface area contributed by atoms with Gasteiger partial charge in [0.1, 0.15) is 0 Å². The summed E-state index contributed by atoms with van der Waals surface area (Å²) in [7, 11) is 1.51. The Hall–Kier alpha value is -2.49. The van der Waals surface area contributed by atoms with Crippen LogP contribution in [-0.2, 0) is 0 Å². The van der Waals surface area contributed by atoms with E-state index in [9.17, 15) is 5.11 Å². The number of hydrazone groups is 1. The average molecular weight is 256 g/mol. The van der Waals surface area contributed by atoms with Gasteiger partial charge in [0.25, 0.3) is 0 Å². The molecule has 19 heavy (non-hydrogen) atoms. The van der Waals surface area contributed by atoms with Crippen LogP contribution in [0.1, 0.15) is 11.1 Å². The van der Waals surface area contributed by atoms with E-state index in [1.54, 1.807) is 24.4 Å². The molecule has 0 spiro atoms. The van der Waals surface area contributed by atoms with Gasteiger partial charge in [-0.05, 0) is 31.2 Å². The third kappa shape index (κ3) is 3.25. The van der Waals surface area contributed by atoms with Crippen molar-refractivity contribution in [2.45, 2.75) is 6.92 Å². The first-order valence-corrected chi connectivity index (χ1v) is 5.92. The van der Waals surface area contributed by atoms with Crippen molar-refractivity contribution in [1.82, 2.24) is 0 Å². The van der Waals surface area contributed by atoms with E-state index >= 15 is 0 Å². The molecule has 0 radical (unpaired) electrons. The molecule has 2 N–H and O–H groups in total. The smallest absolute Gasteiger partial charge is 0.166 e. The van der Waals surface area contributed by atoms with Gasteiger partial charge in [0, 0.05) is 5.56 Å². The Balaban J connectivity index is 2.09. The molecule has 0 fully saturated rings. The lowest BCUT2D eigenvalue weighted by atomic mass is 10.2. The molecule has 0 bridgehead atoms. The van der Waals surface area contributed by atoms with E-state index in [0.717, 1.165) is 5.69 Å². The lowest BCUT2D eigenvalue weighted by Crippen LogP contribution is -1.92. The van der Waals surface area contributed by atoms with Crippen molar-refractivity contribution in [2.75, 3.05) is 12.5 Å². The molecule has 0 aromatic heterocycles. The standard InChI is InChI=1S/C15H16N2O2/c1-11-6-8-13(9-7-11)17-16-10-12-4-3-5-14(19-2)15(12)18/h3-10,17-18H,1-2H3. The quantitative estimate of drug-likeness (QED) is 0.652. The highest BCUT2D eigenvalue weighted by atomic mass is 16.5. The van der Waals surface area contributed by atoms with Gasteiger partial charge in [-0.25, -0.2) is 0 Å². The number of anilines is 1. The number of rotatable bonds is 4. The van der Waals surface area contributed by atoms with Gasteiger partial charge in [0.15, 0.2) is 11.5 Å². The molecule has 0 atom stereocenters. The topological polar surface area (TPSA) is 53.8 Å². The van der Waals surface area contributed by atoms with Gasteiger partial charge in [-0.2, -0.15) is 5.10 Å². The van der Waals surface area contributed by atoms with Crippen LogP contribution >= 0.6 is 0 Å². The highest BCUT2D eigenvalue weighted by molar-refractivity contribution is 5.85. The average Bonchev–Trinajstić information content (AvgIpc) is 2.43. The van der Waals surface area contributed by atoms with E-state index < -0.39 is 0 Å². The van der Waals surface area contributed by atoms with Crippen LogP contribution in [-0.4, -0.2) is 18.4 Å². The fourth-order valence-corrected chi connectivity index (χ4v) is 1.61. The van der Waals surface area contributed by atoms with Crippen molar-refractivity contribution >= 4 is 11.9 Å². The van der Waals surface area contributed by atoms with Crippen molar-refractivity contribution in [2.24, 2.45) is 5.10 Å². The lowest BCUT2D eigenvalue weighted by molar-refractivity contribution is 0.373. The Bertz CT molecular complexity index is 577. The summed E-state index contributed by atoms with van der Waals surface area (Å²) in [6.45, 7) is 2.03. The van der Waals surface area contributed by atoms with Crippen LogP contribution in [0.25, 0.3) is 0 Å². The molecular formula is C15H16N2O2. The number of hydrogen-bond acceptors (Lipinski definition) is 4. The summed E-state index contributed by atoms with van der Waals surface area (Å²) in [5.41, 5.74) is 5.59. The molecular weight excluding hydrogens is 240 g/mol. The number of phenolic OH excluding ortho intramolecular Hbond substituents is 1. The first-order chi connectivity index (χ1) is 9.20. The highest BCUT2D eigenvalue weighted by Crippen LogP contribution is 2.27. The number of nitrogens with one attached hydrogen (secondary N) is 1. The van der Waals surface area contributed by atoms with Gasteiger partial charge in [-0.1, -0.05) is 23.8 Å². The fraction of sp³-hybridized carbons (Fsp3) is 0.133. The Kier molecular flexibility index (Phi) is 4.03. The Morgan fingerprint density at radius 2 is 1.89 bits per heavy atom. The van der Waals surface area contributed by atoms with E-state index in [2.05, 4.69) is 10.5 Å². The van der Waals surface area contributed by atoms with Crippen molar-refractivity contribution in [3.63, 3.8) is 0 Å². The maximum Gasteiger partial charge on any atom is 0.166 e. The summed E-state index contributed by atoms with van der Waals surface area (Å²) < 4.78 is 5.03. The van der Waals surface area contributed by atoms with Crippen LogP contribution in [0, 0.1) is 6.92 Å². The minimum absolute atomic E-state index is 0.0828. The van der Waals surface area contributed by atoms with E-state index in [1.807, 2.05) is 31.2 Å². The molecule has 2 rings (SSSR count). The molecule has 0 aliphatic rings. The number of benzene rings is 2. The molecule has 0 aliphatic heterocycles. The fourth-order valence-electron chi connectivity index (χ4n) is 1.61. The summed E-state index contributed by atoms with van der Waals surface area (Å²) >= 11 is 0. The molecule has 4 nitrogen and oxygen atoms in total. The van der Waals surface area contributed by atoms with E-state index in [4.69, 9.17) is 4.74 Å². The molecule has 0 saturated heterocycles. The molecule has 0 saturated carbocycles. The van der Waals surface area contributed by atoms with Gasteiger partial charge in [-0.15, -0.1) is 0 Å². The number of hydrogen-bond donors (Lipinski definition) is 2. The van der Waals surface area contributed by atoms with E-state index in [0.29, 0.717) is 11.3 Å². The largest absolute Gasteiger partial charge is 0.504 e. The number of nitrogens with zero attached hydrogens (tertiary/aromatic N) is 1. The molecule has 2 aromatic rings. The molecule has 0 amide bonds. The first-order valence-electron chi connectivity index (χ1n) is 5.92. The summed E-state index contributed by atoms with van der Waals surface area (Å²) in [6.07, 6.45) is 1.55. The van der Waals surface area contributed by atoms with Crippen molar-refractivity contribution in [3.05, 3.63) is 53.6 Å². The van der Waals surface area contributed by atoms with Gasteiger partial charge >= 0.3 is 0 Å². The van der Waals surface area contributed by atoms with Crippen LogP contribution < -0.4 is 10.2 Å². The molecule has 98 valence electrons. The normalized spacial score (nSPS) is 10.6. The third-order valence-electron chi connectivity index (χ3n) is 2.70. The van der Waals surface area contributed by atoms with Crippen LogP contribution in [0.4, 0.5) is 5.69 Å². The maximum atomic E-state index is 9.88. The van der Waals surface area contributed by atoms with E-state index in [1.165, 1.54) is 12.7 Å². The summed E-state index contributed by atoms with van der Waals surface area (Å²) in [5, 5.41) is 14.0. The second-order valence-corrected chi connectivity index (χ2v) is 4.13. The second-order valence-electron chi connectivity index (χ2n) is 4.13. The highest BCUT2D eigenvalue weighted by Gasteiger charge is 2.04. The number of ether oxygens (including phenoxy) is 1. The maximum absolute atomic E-state index is 9.88. The zero-order valence-electron chi connectivity index (χ0n) is 10.9. The van der Waals surface area contributed by atoms with Gasteiger partial charge in [-0.3, -0.25) is 5.43 Å². The summed E-state index contributed by atoms with van der Waals surface area (Å²) in [4.78, 5) is 0.